The molecule has 8 bridgehead atoms. The lowest BCUT2D eigenvalue weighted by atomic mass is 9.46. The van der Waals surface area contributed by atoms with Crippen molar-refractivity contribution in [2.24, 2.45) is 71.0 Å². The van der Waals surface area contributed by atoms with Crippen LogP contribution in [-0.2, 0) is 38.1 Å². The van der Waals surface area contributed by atoms with Gasteiger partial charge in [0.05, 0.1) is 0 Å². The first-order valence-electron chi connectivity index (χ1n) is 21.4. The van der Waals surface area contributed by atoms with Crippen molar-refractivity contribution < 1.29 is 38.1 Å². The molecule has 0 N–H and O–H groups in total. The zero-order chi connectivity index (χ0) is 37.5. The van der Waals surface area contributed by atoms with Crippen LogP contribution in [-0.4, -0.2) is 48.3 Å². The van der Waals surface area contributed by atoms with Gasteiger partial charge in [0.25, 0.3) is 0 Å². The van der Waals surface area contributed by atoms with Gasteiger partial charge in [0.2, 0.25) is 0 Å². The Balaban J connectivity index is 0.000000164. The van der Waals surface area contributed by atoms with Crippen LogP contribution in [0.5, 0.6) is 0 Å². The van der Waals surface area contributed by atoms with E-state index in [4.69, 9.17) is 18.9 Å². The van der Waals surface area contributed by atoms with E-state index in [0.717, 1.165) is 41.6 Å². The highest BCUT2D eigenvalue weighted by Crippen LogP contribution is 2.65. The summed E-state index contributed by atoms with van der Waals surface area (Å²) in [6, 6.07) is 0. The van der Waals surface area contributed by atoms with Crippen molar-refractivity contribution >= 4 is 23.9 Å². The fourth-order valence-electron chi connectivity index (χ4n) is 14.0. The molecule has 10 rings (SSSR count). The minimum absolute atomic E-state index is 0.289. The zero-order valence-electron chi connectivity index (χ0n) is 32.8. The lowest BCUT2D eigenvalue weighted by molar-refractivity contribution is -0.235. The molecule has 10 fully saturated rings. The summed E-state index contributed by atoms with van der Waals surface area (Å²) in [5.74, 6) is 6.09. The molecule has 53 heavy (non-hydrogen) atoms. The van der Waals surface area contributed by atoms with Gasteiger partial charge < -0.3 is 18.9 Å². The number of hydrogen-bond acceptors (Lipinski definition) is 8. The highest BCUT2D eigenvalue weighted by Gasteiger charge is 2.64. The molecule has 0 spiro atoms. The second-order valence-electron chi connectivity index (χ2n) is 19.3. The van der Waals surface area contributed by atoms with E-state index in [9.17, 15) is 19.2 Å². The van der Waals surface area contributed by atoms with Crippen LogP contribution in [0.3, 0.4) is 0 Å². The zero-order valence-corrected chi connectivity index (χ0v) is 32.8. The van der Waals surface area contributed by atoms with Gasteiger partial charge in [-0.2, -0.15) is 0 Å². The van der Waals surface area contributed by atoms with Crippen molar-refractivity contribution in [1.82, 2.24) is 0 Å². The molecule has 0 heterocycles. The fourth-order valence-corrected chi connectivity index (χ4v) is 14.0. The standard InChI is InChI=1S/C23H34O4.C22H32O4/c1-14(2)22(25)26-13-21(24)27-23(18-6-4-15(3)5-7-18)19-9-16-8-17(11-19)12-20(23)10-16;1-3-20(23)25-13-21(24)26-22(17-6-4-14(2)5-7-17)18-9-15-8-16(11-18)12-19(22)10-15/h15-20H,1,4-13H2,2-3H3;3,14-19H,1,4-13H2,2H3. The van der Waals surface area contributed by atoms with Gasteiger partial charge in [0.15, 0.2) is 13.2 Å². The lowest BCUT2D eigenvalue weighted by Gasteiger charge is -2.63. The Morgan fingerprint density at radius 2 is 0.887 bits per heavy atom. The molecule has 0 unspecified atom stereocenters. The minimum atomic E-state index is -0.562. The third-order valence-corrected chi connectivity index (χ3v) is 15.9. The number of ether oxygens (including phenoxy) is 4. The van der Waals surface area contributed by atoms with Crippen LogP contribution < -0.4 is 0 Å². The summed E-state index contributed by atoms with van der Waals surface area (Å²) in [4.78, 5) is 48.4. The summed E-state index contributed by atoms with van der Waals surface area (Å²) in [6.45, 7) is 12.6. The molecule has 10 aliphatic rings. The van der Waals surface area contributed by atoms with Crippen molar-refractivity contribution in [2.45, 2.75) is 148 Å². The smallest absolute Gasteiger partial charge is 0.344 e. The first-order chi connectivity index (χ1) is 25.4. The Bertz CT molecular complexity index is 1340. The monoisotopic (exact) mass is 734 g/mol. The van der Waals surface area contributed by atoms with Crippen LogP contribution in [0.25, 0.3) is 0 Å². The molecular weight excluding hydrogens is 668 g/mol. The molecule has 0 aliphatic heterocycles. The average Bonchev–Trinajstić information content (AvgIpc) is 3.13. The predicted molar refractivity (Wildman–Crippen MR) is 201 cm³/mol. The molecule has 0 atom stereocenters. The van der Waals surface area contributed by atoms with Crippen molar-refractivity contribution in [3.8, 4) is 0 Å². The molecule has 10 aliphatic carbocycles. The average molecular weight is 735 g/mol. The van der Waals surface area contributed by atoms with Crippen molar-refractivity contribution in [3.63, 3.8) is 0 Å². The van der Waals surface area contributed by atoms with Gasteiger partial charge in [0.1, 0.15) is 11.2 Å². The largest absolute Gasteiger partial charge is 0.456 e. The van der Waals surface area contributed by atoms with E-state index in [2.05, 4.69) is 27.0 Å². The number of esters is 4. The van der Waals surface area contributed by atoms with E-state index in [-0.39, 0.29) is 36.4 Å². The van der Waals surface area contributed by atoms with Crippen LogP contribution in [0, 0.1) is 71.0 Å². The summed E-state index contributed by atoms with van der Waals surface area (Å²) in [5.41, 5.74) is -0.292. The Kier molecular flexibility index (Phi) is 11.5. The van der Waals surface area contributed by atoms with E-state index in [1.807, 2.05) is 0 Å². The van der Waals surface area contributed by atoms with Crippen LogP contribution in [0.1, 0.15) is 136 Å². The topological polar surface area (TPSA) is 105 Å². The van der Waals surface area contributed by atoms with Gasteiger partial charge >= 0.3 is 23.9 Å². The van der Waals surface area contributed by atoms with Crippen molar-refractivity contribution in [2.75, 3.05) is 13.2 Å². The molecule has 0 amide bonds. The van der Waals surface area contributed by atoms with E-state index in [1.165, 1.54) is 116 Å². The molecule has 10 saturated carbocycles. The Morgan fingerprint density at radius 3 is 1.21 bits per heavy atom. The first kappa shape index (κ1) is 38.6. The highest BCUT2D eigenvalue weighted by atomic mass is 16.6. The summed E-state index contributed by atoms with van der Waals surface area (Å²) in [7, 11) is 0. The fraction of sp³-hybridized carbons (Fsp3) is 0.822. The van der Waals surface area contributed by atoms with Gasteiger partial charge in [-0.25, -0.2) is 19.2 Å². The third-order valence-electron chi connectivity index (χ3n) is 15.9. The highest BCUT2D eigenvalue weighted by molar-refractivity contribution is 5.88. The second kappa shape index (κ2) is 15.8. The van der Waals surface area contributed by atoms with Gasteiger partial charge in [-0.3, -0.25) is 0 Å². The second-order valence-corrected chi connectivity index (χ2v) is 19.3. The molecule has 0 saturated heterocycles. The SMILES string of the molecule is C=C(C)C(=O)OCC(=O)OC1(C2CCC(C)CC2)C2CC3CC(C2)CC1C3.C=CC(=O)OCC(=O)OC1(C2CCC(C)CC2)C2CC3CC(C2)CC1C3. The Labute approximate surface area is 317 Å². The number of carbonyl (C=O) groups is 4. The summed E-state index contributed by atoms with van der Waals surface area (Å²) in [6.07, 6.45) is 23.3. The molecule has 8 heteroatoms. The van der Waals surface area contributed by atoms with Crippen LogP contribution in [0.4, 0.5) is 0 Å². The van der Waals surface area contributed by atoms with Gasteiger partial charge in [-0.05, 0) is 168 Å². The van der Waals surface area contributed by atoms with Crippen LogP contribution in [0.2, 0.25) is 0 Å². The minimum Gasteiger partial charge on any atom is -0.456 e. The maximum Gasteiger partial charge on any atom is 0.344 e. The number of rotatable bonds is 10. The molecule has 0 aromatic heterocycles. The molecule has 0 aromatic rings. The van der Waals surface area contributed by atoms with Gasteiger partial charge in [-0.1, -0.05) is 52.7 Å². The van der Waals surface area contributed by atoms with Crippen LogP contribution >= 0.6 is 0 Å². The maximum atomic E-state index is 12.7. The normalized spacial score (nSPS) is 43.2. The lowest BCUT2D eigenvalue weighted by Crippen LogP contribution is -2.63. The summed E-state index contributed by atoms with van der Waals surface area (Å²) in [5, 5.41) is 0. The Morgan fingerprint density at radius 1 is 0.547 bits per heavy atom. The first-order valence-corrected chi connectivity index (χ1v) is 21.4. The van der Waals surface area contributed by atoms with E-state index in [1.54, 1.807) is 6.92 Å². The van der Waals surface area contributed by atoms with Gasteiger partial charge in [0, 0.05) is 11.6 Å². The molecule has 294 valence electrons. The van der Waals surface area contributed by atoms with E-state index >= 15 is 0 Å². The van der Waals surface area contributed by atoms with E-state index < -0.39 is 11.9 Å². The third kappa shape index (κ3) is 7.77. The molecule has 0 aromatic carbocycles. The summed E-state index contributed by atoms with van der Waals surface area (Å²) >= 11 is 0. The molecular formula is C45H66O8. The van der Waals surface area contributed by atoms with Crippen molar-refractivity contribution in [3.05, 3.63) is 24.8 Å². The van der Waals surface area contributed by atoms with Crippen molar-refractivity contribution in [1.29, 1.82) is 0 Å². The number of carbonyl (C=O) groups excluding carboxylic acids is 4. The summed E-state index contributed by atoms with van der Waals surface area (Å²) < 4.78 is 22.8. The quantitative estimate of drug-likeness (QED) is 0.125. The maximum absolute atomic E-state index is 12.7. The predicted octanol–water partition coefficient (Wildman–Crippen LogP) is 8.95. The molecule has 8 nitrogen and oxygen atoms in total. The Hall–Kier alpha value is -2.64. The van der Waals surface area contributed by atoms with Crippen LogP contribution in [0.15, 0.2) is 24.8 Å². The number of hydrogen-bond donors (Lipinski definition) is 0. The van der Waals surface area contributed by atoms with E-state index in [0.29, 0.717) is 41.1 Å². The molecule has 0 radical (unpaired) electrons. The van der Waals surface area contributed by atoms with Gasteiger partial charge in [-0.15, -0.1) is 0 Å².